The van der Waals surface area contributed by atoms with Crippen molar-refractivity contribution in [3.8, 4) is 0 Å². The number of amides is 1. The van der Waals surface area contributed by atoms with Crippen LogP contribution in [0.4, 0.5) is 5.69 Å². The van der Waals surface area contributed by atoms with Gasteiger partial charge in [-0.25, -0.2) is 0 Å². The topological polar surface area (TPSA) is 54.0 Å². The van der Waals surface area contributed by atoms with Crippen LogP contribution in [0.5, 0.6) is 0 Å². The second-order valence-corrected chi connectivity index (χ2v) is 3.88. The number of carbonyl (C=O) groups is 1. The lowest BCUT2D eigenvalue weighted by Crippen LogP contribution is -2.31. The fourth-order valence-corrected chi connectivity index (χ4v) is 1.34. The molecule has 0 aliphatic heterocycles. The lowest BCUT2D eigenvalue weighted by atomic mass is 10.3. The quantitative estimate of drug-likeness (QED) is 0.773. The van der Waals surface area contributed by atoms with Gasteiger partial charge in [-0.15, -0.1) is 0 Å². The molecule has 2 N–H and O–H groups in total. The number of aromatic nitrogens is 1. The van der Waals surface area contributed by atoms with Crippen molar-refractivity contribution in [1.82, 2.24) is 10.3 Å². The molecule has 1 heterocycles. The molecule has 4 heteroatoms. The van der Waals surface area contributed by atoms with Gasteiger partial charge in [0.05, 0.1) is 6.54 Å². The van der Waals surface area contributed by atoms with E-state index < -0.39 is 0 Å². The average molecular weight is 205 g/mol. The smallest absolute Gasteiger partial charge is 0.239 e. The normalized spacial score (nSPS) is 14.7. The van der Waals surface area contributed by atoms with Crippen molar-refractivity contribution in [2.45, 2.75) is 25.8 Å². The number of rotatable bonds is 4. The third kappa shape index (κ3) is 3.23. The molecule has 0 aromatic carbocycles. The molecule has 1 aromatic rings. The minimum atomic E-state index is 0.0620. The van der Waals surface area contributed by atoms with E-state index in [0.29, 0.717) is 12.6 Å². The molecule has 1 fully saturated rings. The molecule has 0 radical (unpaired) electrons. The van der Waals surface area contributed by atoms with Gasteiger partial charge in [0.25, 0.3) is 0 Å². The van der Waals surface area contributed by atoms with Gasteiger partial charge >= 0.3 is 0 Å². The first kappa shape index (κ1) is 9.96. The number of hydrogen-bond donors (Lipinski definition) is 2. The summed E-state index contributed by atoms with van der Waals surface area (Å²) in [6.07, 6.45) is 3.98. The summed E-state index contributed by atoms with van der Waals surface area (Å²) >= 11 is 0. The maximum absolute atomic E-state index is 11.4. The Morgan fingerprint density at radius 3 is 3.07 bits per heavy atom. The Labute approximate surface area is 89.1 Å². The van der Waals surface area contributed by atoms with E-state index in [-0.39, 0.29) is 5.91 Å². The van der Waals surface area contributed by atoms with Crippen LogP contribution in [0.1, 0.15) is 18.5 Å². The first-order valence-electron chi connectivity index (χ1n) is 5.20. The summed E-state index contributed by atoms with van der Waals surface area (Å²) in [6.45, 7) is 2.26. The Hall–Kier alpha value is -1.58. The maximum Gasteiger partial charge on any atom is 0.239 e. The zero-order valence-electron chi connectivity index (χ0n) is 8.79. The van der Waals surface area contributed by atoms with E-state index in [9.17, 15) is 4.79 Å². The number of hydrogen-bond acceptors (Lipinski definition) is 3. The average Bonchev–Trinajstić information content (AvgIpc) is 2.99. The van der Waals surface area contributed by atoms with Crippen LogP contribution in [0, 0.1) is 6.92 Å². The predicted octanol–water partition coefficient (Wildman–Crippen LogP) is 1.08. The lowest BCUT2D eigenvalue weighted by molar-refractivity contribution is -0.119. The molecular weight excluding hydrogens is 190 g/mol. The zero-order chi connectivity index (χ0) is 10.7. The van der Waals surface area contributed by atoms with Gasteiger partial charge in [-0.1, -0.05) is 0 Å². The van der Waals surface area contributed by atoms with Gasteiger partial charge in [-0.05, 0) is 31.9 Å². The van der Waals surface area contributed by atoms with Crippen molar-refractivity contribution < 1.29 is 4.79 Å². The van der Waals surface area contributed by atoms with Crippen LogP contribution in [-0.2, 0) is 4.79 Å². The van der Waals surface area contributed by atoms with Gasteiger partial charge in [0, 0.05) is 23.6 Å². The van der Waals surface area contributed by atoms with E-state index in [1.54, 1.807) is 6.20 Å². The molecule has 1 aliphatic carbocycles. The molecule has 1 aliphatic rings. The van der Waals surface area contributed by atoms with Crippen molar-refractivity contribution >= 4 is 11.6 Å². The highest BCUT2D eigenvalue weighted by molar-refractivity contribution is 5.81. The van der Waals surface area contributed by atoms with Crippen molar-refractivity contribution in [1.29, 1.82) is 0 Å². The third-order valence-electron chi connectivity index (χ3n) is 2.29. The summed E-state index contributed by atoms with van der Waals surface area (Å²) in [5, 5.41) is 5.99. The van der Waals surface area contributed by atoms with Gasteiger partial charge in [-0.2, -0.15) is 0 Å². The largest absolute Gasteiger partial charge is 0.376 e. The molecule has 1 saturated carbocycles. The van der Waals surface area contributed by atoms with E-state index in [2.05, 4.69) is 15.6 Å². The van der Waals surface area contributed by atoms with Crippen LogP contribution >= 0.6 is 0 Å². The Morgan fingerprint density at radius 1 is 1.60 bits per heavy atom. The molecule has 0 saturated heterocycles. The van der Waals surface area contributed by atoms with Crippen molar-refractivity contribution in [3.05, 3.63) is 24.0 Å². The summed E-state index contributed by atoms with van der Waals surface area (Å²) in [4.78, 5) is 15.4. The summed E-state index contributed by atoms with van der Waals surface area (Å²) in [7, 11) is 0. The molecule has 80 valence electrons. The van der Waals surface area contributed by atoms with E-state index in [4.69, 9.17) is 0 Å². The van der Waals surface area contributed by atoms with Crippen molar-refractivity contribution in [2.24, 2.45) is 0 Å². The number of carbonyl (C=O) groups excluding carboxylic acids is 1. The lowest BCUT2D eigenvalue weighted by Gasteiger charge is -2.06. The minimum Gasteiger partial charge on any atom is -0.376 e. The number of anilines is 1. The third-order valence-corrected chi connectivity index (χ3v) is 2.29. The molecular formula is C11H15N3O. The number of aryl methyl sites for hydroxylation is 1. The second-order valence-electron chi connectivity index (χ2n) is 3.88. The molecule has 0 spiro atoms. The summed E-state index contributed by atoms with van der Waals surface area (Å²) in [6, 6.07) is 4.21. The van der Waals surface area contributed by atoms with E-state index in [1.807, 2.05) is 19.1 Å². The zero-order valence-corrected chi connectivity index (χ0v) is 8.79. The van der Waals surface area contributed by atoms with E-state index in [1.165, 1.54) is 0 Å². The molecule has 1 aromatic heterocycles. The minimum absolute atomic E-state index is 0.0620. The number of nitrogens with zero attached hydrogens (tertiary/aromatic N) is 1. The monoisotopic (exact) mass is 205 g/mol. The number of pyridine rings is 1. The second kappa shape index (κ2) is 4.29. The Balaban J connectivity index is 1.78. The molecule has 1 amide bonds. The van der Waals surface area contributed by atoms with Crippen LogP contribution in [0.2, 0.25) is 0 Å². The number of nitrogens with one attached hydrogen (secondary N) is 2. The van der Waals surface area contributed by atoms with Crippen LogP contribution < -0.4 is 10.6 Å². The molecule has 2 rings (SSSR count). The Bertz CT molecular complexity index is 361. The molecule has 0 unspecified atom stereocenters. The Kier molecular flexibility index (Phi) is 2.85. The molecule has 0 bridgehead atoms. The van der Waals surface area contributed by atoms with Gasteiger partial charge in [0.15, 0.2) is 0 Å². The highest BCUT2D eigenvalue weighted by Gasteiger charge is 2.22. The fourth-order valence-electron chi connectivity index (χ4n) is 1.34. The van der Waals surface area contributed by atoms with Crippen LogP contribution in [0.15, 0.2) is 18.3 Å². The van der Waals surface area contributed by atoms with Crippen LogP contribution in [0.3, 0.4) is 0 Å². The van der Waals surface area contributed by atoms with E-state index >= 15 is 0 Å². The molecule has 4 nitrogen and oxygen atoms in total. The molecule has 0 atom stereocenters. The van der Waals surface area contributed by atoms with Gasteiger partial charge in [0.2, 0.25) is 5.91 Å². The van der Waals surface area contributed by atoms with Gasteiger partial charge in [-0.3, -0.25) is 9.78 Å². The van der Waals surface area contributed by atoms with Gasteiger partial charge in [0.1, 0.15) is 0 Å². The van der Waals surface area contributed by atoms with Crippen LogP contribution in [0.25, 0.3) is 0 Å². The maximum atomic E-state index is 11.4. The highest BCUT2D eigenvalue weighted by Crippen LogP contribution is 2.18. The highest BCUT2D eigenvalue weighted by atomic mass is 16.2. The molecule has 15 heavy (non-hydrogen) atoms. The van der Waals surface area contributed by atoms with Crippen molar-refractivity contribution in [3.63, 3.8) is 0 Å². The van der Waals surface area contributed by atoms with Crippen molar-refractivity contribution in [2.75, 3.05) is 11.9 Å². The first-order chi connectivity index (χ1) is 7.24. The standard InChI is InChI=1S/C11H15N3O/c1-8-6-10(4-5-12-8)13-7-11(15)14-9-2-3-9/h4-6,9H,2-3,7H2,1H3,(H,12,13)(H,14,15). The van der Waals surface area contributed by atoms with E-state index in [0.717, 1.165) is 24.2 Å². The summed E-state index contributed by atoms with van der Waals surface area (Å²) in [5.74, 6) is 0.0620. The SMILES string of the molecule is Cc1cc(NCC(=O)NC2CC2)ccn1. The Morgan fingerprint density at radius 2 is 2.40 bits per heavy atom. The predicted molar refractivity (Wildman–Crippen MR) is 58.6 cm³/mol. The first-order valence-corrected chi connectivity index (χ1v) is 5.20. The summed E-state index contributed by atoms with van der Waals surface area (Å²) in [5.41, 5.74) is 1.89. The fraction of sp³-hybridized carbons (Fsp3) is 0.455. The van der Waals surface area contributed by atoms with Crippen LogP contribution in [-0.4, -0.2) is 23.5 Å². The summed E-state index contributed by atoms with van der Waals surface area (Å²) < 4.78 is 0. The van der Waals surface area contributed by atoms with Gasteiger partial charge < -0.3 is 10.6 Å².